The predicted octanol–water partition coefficient (Wildman–Crippen LogP) is 3.34. The van der Waals surface area contributed by atoms with Gasteiger partial charge in [-0.1, -0.05) is 44.2 Å². The summed E-state index contributed by atoms with van der Waals surface area (Å²) in [6.07, 6.45) is -0.702. The normalized spacial score (nSPS) is 12.6. The zero-order valence-electron chi connectivity index (χ0n) is 17.7. The predicted molar refractivity (Wildman–Crippen MR) is 113 cm³/mol. The first-order valence-electron chi connectivity index (χ1n) is 9.70. The second-order valence-corrected chi connectivity index (χ2v) is 7.38. The van der Waals surface area contributed by atoms with Crippen molar-refractivity contribution >= 4 is 17.8 Å². The SMILES string of the molecule is COc1ccc(C(=O)CNC(=O)[C@@](C)(NC(=O)OCc2ccccc2)C(C)C)cc1. The van der Waals surface area contributed by atoms with Crippen LogP contribution in [0.1, 0.15) is 36.7 Å². The van der Waals surface area contributed by atoms with E-state index in [9.17, 15) is 14.4 Å². The summed E-state index contributed by atoms with van der Waals surface area (Å²) in [5, 5.41) is 5.26. The number of ketones is 1. The summed E-state index contributed by atoms with van der Waals surface area (Å²) in [7, 11) is 1.54. The quantitative estimate of drug-likeness (QED) is 0.616. The molecule has 0 unspecified atom stereocenters. The minimum Gasteiger partial charge on any atom is -0.497 e. The molecule has 2 aromatic rings. The summed E-state index contributed by atoms with van der Waals surface area (Å²) in [4.78, 5) is 37.4. The molecule has 0 aliphatic rings. The number of methoxy groups -OCH3 is 1. The highest BCUT2D eigenvalue weighted by Crippen LogP contribution is 2.18. The van der Waals surface area contributed by atoms with E-state index in [1.807, 2.05) is 44.2 Å². The van der Waals surface area contributed by atoms with Crippen molar-refractivity contribution in [2.24, 2.45) is 5.92 Å². The highest BCUT2D eigenvalue weighted by atomic mass is 16.5. The molecule has 2 amide bonds. The van der Waals surface area contributed by atoms with Gasteiger partial charge in [-0.25, -0.2) is 4.79 Å². The number of benzene rings is 2. The average molecular weight is 412 g/mol. The van der Waals surface area contributed by atoms with Crippen molar-refractivity contribution in [1.29, 1.82) is 0 Å². The lowest BCUT2D eigenvalue weighted by atomic mass is 9.87. The Morgan fingerprint density at radius 1 is 1.00 bits per heavy atom. The van der Waals surface area contributed by atoms with E-state index in [0.717, 1.165) is 5.56 Å². The van der Waals surface area contributed by atoms with E-state index in [-0.39, 0.29) is 24.9 Å². The molecule has 1 atom stereocenters. The molecule has 0 aromatic heterocycles. The highest BCUT2D eigenvalue weighted by molar-refractivity contribution is 6.00. The smallest absolute Gasteiger partial charge is 0.408 e. The van der Waals surface area contributed by atoms with Crippen molar-refractivity contribution < 1.29 is 23.9 Å². The first kappa shape index (κ1) is 22.9. The molecule has 0 aliphatic carbocycles. The van der Waals surface area contributed by atoms with Crippen LogP contribution in [-0.4, -0.2) is 37.0 Å². The van der Waals surface area contributed by atoms with Gasteiger partial charge in [0.2, 0.25) is 5.91 Å². The number of hydrogen-bond acceptors (Lipinski definition) is 5. The van der Waals surface area contributed by atoms with Gasteiger partial charge in [0.25, 0.3) is 0 Å². The van der Waals surface area contributed by atoms with Crippen LogP contribution in [-0.2, 0) is 16.1 Å². The standard InChI is InChI=1S/C23H28N2O5/c1-16(2)23(3,25-22(28)30-15-17-8-6-5-7-9-17)21(27)24-14-20(26)18-10-12-19(29-4)13-11-18/h5-13,16H,14-15H2,1-4H3,(H,24,27)(H,25,28)/t23-/m0/s1. The summed E-state index contributed by atoms with van der Waals surface area (Å²) >= 11 is 0. The Balaban J connectivity index is 1.94. The maximum atomic E-state index is 12.8. The number of rotatable bonds is 9. The Hall–Kier alpha value is -3.35. The third-order valence-electron chi connectivity index (χ3n) is 5.02. The first-order valence-corrected chi connectivity index (χ1v) is 9.70. The molecule has 30 heavy (non-hydrogen) atoms. The molecule has 0 saturated heterocycles. The summed E-state index contributed by atoms with van der Waals surface area (Å²) in [6, 6.07) is 15.9. The first-order chi connectivity index (χ1) is 14.3. The molecule has 0 bridgehead atoms. The number of hydrogen-bond donors (Lipinski definition) is 2. The van der Waals surface area contributed by atoms with Gasteiger partial charge in [-0.15, -0.1) is 0 Å². The van der Waals surface area contributed by atoms with E-state index in [1.165, 1.54) is 0 Å². The van der Waals surface area contributed by atoms with Gasteiger partial charge in [-0.3, -0.25) is 9.59 Å². The second-order valence-electron chi connectivity index (χ2n) is 7.38. The number of ether oxygens (including phenoxy) is 2. The molecule has 2 rings (SSSR count). The third kappa shape index (κ3) is 6.07. The molecule has 160 valence electrons. The molecule has 0 spiro atoms. The van der Waals surface area contributed by atoms with Gasteiger partial charge < -0.3 is 20.1 Å². The number of amides is 2. The van der Waals surface area contributed by atoms with E-state index in [0.29, 0.717) is 11.3 Å². The topological polar surface area (TPSA) is 93.7 Å². The lowest BCUT2D eigenvalue weighted by molar-refractivity contribution is -0.128. The van der Waals surface area contributed by atoms with Crippen molar-refractivity contribution in [3.05, 3.63) is 65.7 Å². The van der Waals surface area contributed by atoms with Crippen molar-refractivity contribution in [3.8, 4) is 5.75 Å². The van der Waals surface area contributed by atoms with Gasteiger partial charge in [-0.2, -0.15) is 0 Å². The fourth-order valence-electron chi connectivity index (χ4n) is 2.66. The molecule has 7 heteroatoms. The third-order valence-corrected chi connectivity index (χ3v) is 5.02. The van der Waals surface area contributed by atoms with E-state index in [4.69, 9.17) is 9.47 Å². The summed E-state index contributed by atoms with van der Waals surface area (Å²) in [6.45, 7) is 5.13. The van der Waals surface area contributed by atoms with Crippen LogP contribution in [0.3, 0.4) is 0 Å². The van der Waals surface area contributed by atoms with Crippen LogP contribution in [0.4, 0.5) is 4.79 Å². The molecule has 0 radical (unpaired) electrons. The average Bonchev–Trinajstić information content (AvgIpc) is 2.76. The van der Waals surface area contributed by atoms with Gasteiger partial charge in [0.1, 0.15) is 17.9 Å². The van der Waals surface area contributed by atoms with Gasteiger partial charge in [0.05, 0.1) is 13.7 Å². The van der Waals surface area contributed by atoms with Crippen LogP contribution in [0.2, 0.25) is 0 Å². The lowest BCUT2D eigenvalue weighted by Gasteiger charge is -2.32. The Labute approximate surface area is 176 Å². The Bertz CT molecular complexity index is 865. The number of carbonyl (C=O) groups excluding carboxylic acids is 3. The monoisotopic (exact) mass is 412 g/mol. The Morgan fingerprint density at radius 2 is 1.63 bits per heavy atom. The zero-order valence-corrected chi connectivity index (χ0v) is 17.7. The molecule has 2 N–H and O–H groups in total. The van der Waals surface area contributed by atoms with Gasteiger partial charge in [-0.05, 0) is 42.7 Å². The van der Waals surface area contributed by atoms with Crippen LogP contribution >= 0.6 is 0 Å². The minimum atomic E-state index is -1.24. The van der Waals surface area contributed by atoms with Crippen molar-refractivity contribution in [2.45, 2.75) is 32.9 Å². The number of nitrogens with one attached hydrogen (secondary N) is 2. The molecule has 0 saturated carbocycles. The van der Waals surface area contributed by atoms with Crippen LogP contribution in [0, 0.1) is 5.92 Å². The number of Topliss-reactive ketones (excluding diaryl/α,β-unsaturated/α-hetero) is 1. The number of carbonyl (C=O) groups is 3. The summed E-state index contributed by atoms with van der Waals surface area (Å²) < 4.78 is 10.3. The fourth-order valence-corrected chi connectivity index (χ4v) is 2.66. The van der Waals surface area contributed by atoms with E-state index < -0.39 is 17.5 Å². The second kappa shape index (κ2) is 10.4. The van der Waals surface area contributed by atoms with Crippen molar-refractivity contribution in [2.75, 3.05) is 13.7 Å². The van der Waals surface area contributed by atoms with E-state index in [1.54, 1.807) is 38.3 Å². The maximum Gasteiger partial charge on any atom is 0.408 e. The largest absolute Gasteiger partial charge is 0.497 e. The van der Waals surface area contributed by atoms with E-state index in [2.05, 4.69) is 10.6 Å². The van der Waals surface area contributed by atoms with Crippen LogP contribution in [0.25, 0.3) is 0 Å². The Kier molecular flexibility index (Phi) is 7.98. The molecular weight excluding hydrogens is 384 g/mol. The van der Waals surface area contributed by atoms with Gasteiger partial charge >= 0.3 is 6.09 Å². The molecule has 7 nitrogen and oxygen atoms in total. The lowest BCUT2D eigenvalue weighted by Crippen LogP contribution is -2.60. The van der Waals surface area contributed by atoms with Crippen LogP contribution in [0.15, 0.2) is 54.6 Å². The molecular formula is C23H28N2O5. The van der Waals surface area contributed by atoms with Crippen molar-refractivity contribution in [3.63, 3.8) is 0 Å². The van der Waals surface area contributed by atoms with Crippen LogP contribution in [0.5, 0.6) is 5.75 Å². The summed E-state index contributed by atoms with van der Waals surface area (Å²) in [5.74, 6) is -0.307. The molecule has 0 aliphatic heterocycles. The van der Waals surface area contributed by atoms with Crippen LogP contribution < -0.4 is 15.4 Å². The number of alkyl carbamates (subject to hydrolysis) is 1. The molecule has 0 fully saturated rings. The van der Waals surface area contributed by atoms with Gasteiger partial charge in [0.15, 0.2) is 5.78 Å². The zero-order chi connectivity index (χ0) is 22.1. The molecule has 2 aromatic carbocycles. The fraction of sp³-hybridized carbons (Fsp3) is 0.348. The molecule has 0 heterocycles. The highest BCUT2D eigenvalue weighted by Gasteiger charge is 2.38. The Morgan fingerprint density at radius 3 is 2.20 bits per heavy atom. The maximum absolute atomic E-state index is 12.8. The van der Waals surface area contributed by atoms with Gasteiger partial charge in [0, 0.05) is 5.56 Å². The van der Waals surface area contributed by atoms with Crippen molar-refractivity contribution in [1.82, 2.24) is 10.6 Å². The van der Waals surface area contributed by atoms with E-state index >= 15 is 0 Å². The minimum absolute atomic E-state index is 0.0957. The summed E-state index contributed by atoms with van der Waals surface area (Å²) in [5.41, 5.74) is 0.0551.